The molecule has 1 aromatic rings. The Labute approximate surface area is 103 Å². The maximum absolute atomic E-state index is 4.15. The van der Waals surface area contributed by atoms with Crippen LogP contribution in [0.1, 0.15) is 39.1 Å². The predicted molar refractivity (Wildman–Crippen MR) is 67.7 cm³/mol. The fraction of sp³-hybridized carbons (Fsp3) is 0.833. The quantitative estimate of drug-likeness (QED) is 0.847. The summed E-state index contributed by atoms with van der Waals surface area (Å²) < 4.78 is 1.98. The molecule has 5 nitrogen and oxygen atoms in total. The second-order valence-electron chi connectivity index (χ2n) is 5.26. The number of hydrogen-bond donors (Lipinski definition) is 1. The average molecular weight is 237 g/mol. The van der Waals surface area contributed by atoms with Crippen LogP contribution in [0.2, 0.25) is 0 Å². The van der Waals surface area contributed by atoms with Gasteiger partial charge in [0.25, 0.3) is 0 Å². The van der Waals surface area contributed by atoms with Crippen molar-refractivity contribution >= 4 is 0 Å². The molecule has 1 N–H and O–H groups in total. The van der Waals surface area contributed by atoms with Gasteiger partial charge >= 0.3 is 0 Å². The molecule has 0 saturated carbocycles. The number of aryl methyl sites for hydroxylation is 1. The van der Waals surface area contributed by atoms with Crippen molar-refractivity contribution in [1.82, 2.24) is 25.0 Å². The molecule has 0 bridgehead atoms. The van der Waals surface area contributed by atoms with Crippen molar-refractivity contribution in [3.63, 3.8) is 0 Å². The summed E-state index contributed by atoms with van der Waals surface area (Å²) in [7, 11) is 1.99. The van der Waals surface area contributed by atoms with E-state index in [-0.39, 0.29) is 6.04 Å². The summed E-state index contributed by atoms with van der Waals surface area (Å²) in [6.45, 7) is 9.01. The average Bonchev–Trinajstić information content (AvgIpc) is 2.86. The first-order valence-corrected chi connectivity index (χ1v) is 6.42. The van der Waals surface area contributed by atoms with Gasteiger partial charge in [-0.15, -0.1) is 10.2 Å². The normalized spacial score (nSPS) is 23.5. The van der Waals surface area contributed by atoms with Gasteiger partial charge in [0.2, 0.25) is 0 Å². The molecule has 1 aliphatic rings. The highest BCUT2D eigenvalue weighted by Crippen LogP contribution is 2.16. The van der Waals surface area contributed by atoms with E-state index in [0.717, 1.165) is 12.4 Å². The van der Waals surface area contributed by atoms with E-state index in [1.54, 1.807) is 6.33 Å². The van der Waals surface area contributed by atoms with Gasteiger partial charge < -0.3 is 9.88 Å². The molecule has 0 aromatic carbocycles. The van der Waals surface area contributed by atoms with Gasteiger partial charge in [-0.05, 0) is 33.7 Å². The topological polar surface area (TPSA) is 46.0 Å². The highest BCUT2D eigenvalue weighted by Gasteiger charge is 2.26. The zero-order valence-electron chi connectivity index (χ0n) is 11.2. The van der Waals surface area contributed by atoms with Gasteiger partial charge in [-0.3, -0.25) is 4.90 Å². The first-order valence-electron chi connectivity index (χ1n) is 6.42. The number of hydrogen-bond acceptors (Lipinski definition) is 4. The van der Waals surface area contributed by atoms with Crippen molar-refractivity contribution in [2.75, 3.05) is 13.1 Å². The molecule has 1 saturated heterocycles. The van der Waals surface area contributed by atoms with Crippen LogP contribution in [0, 0.1) is 0 Å². The van der Waals surface area contributed by atoms with Crippen LogP contribution in [0.5, 0.6) is 0 Å². The SMILES string of the molecule is CC(NC1CCN(C(C)C)C1)c1nncn1C. The number of likely N-dealkylation sites (tertiary alicyclic amines) is 1. The molecule has 1 fully saturated rings. The minimum absolute atomic E-state index is 0.264. The van der Waals surface area contributed by atoms with Crippen molar-refractivity contribution in [1.29, 1.82) is 0 Å². The third-order valence-electron chi connectivity index (χ3n) is 3.57. The van der Waals surface area contributed by atoms with E-state index in [4.69, 9.17) is 0 Å². The summed E-state index contributed by atoms with van der Waals surface area (Å²) in [5, 5.41) is 11.7. The minimum Gasteiger partial charge on any atom is -0.319 e. The van der Waals surface area contributed by atoms with E-state index < -0.39 is 0 Å². The van der Waals surface area contributed by atoms with Crippen LogP contribution in [-0.2, 0) is 7.05 Å². The Morgan fingerprint density at radius 3 is 2.71 bits per heavy atom. The van der Waals surface area contributed by atoms with Gasteiger partial charge in [0, 0.05) is 25.7 Å². The number of rotatable bonds is 4. The standard InChI is InChI=1S/C12H23N5/c1-9(2)17-6-5-11(7-17)14-10(3)12-15-13-8-16(12)4/h8-11,14H,5-7H2,1-4H3. The van der Waals surface area contributed by atoms with Crippen LogP contribution in [-0.4, -0.2) is 44.8 Å². The fourth-order valence-electron chi connectivity index (χ4n) is 2.50. The lowest BCUT2D eigenvalue weighted by atomic mass is 10.2. The highest BCUT2D eigenvalue weighted by molar-refractivity contribution is 4.95. The molecule has 0 aliphatic carbocycles. The van der Waals surface area contributed by atoms with E-state index in [9.17, 15) is 0 Å². The monoisotopic (exact) mass is 237 g/mol. The molecule has 1 aliphatic heterocycles. The zero-order chi connectivity index (χ0) is 12.4. The van der Waals surface area contributed by atoms with E-state index >= 15 is 0 Å². The molecule has 0 radical (unpaired) electrons. The summed E-state index contributed by atoms with van der Waals surface area (Å²) in [5.74, 6) is 1.01. The first-order chi connectivity index (χ1) is 8.08. The molecular weight excluding hydrogens is 214 g/mol. The Bertz CT molecular complexity index is 360. The molecule has 0 spiro atoms. The van der Waals surface area contributed by atoms with Gasteiger partial charge in [0.1, 0.15) is 12.2 Å². The van der Waals surface area contributed by atoms with Gasteiger partial charge in [0.15, 0.2) is 0 Å². The molecule has 0 amide bonds. The van der Waals surface area contributed by atoms with E-state index in [2.05, 4.69) is 41.2 Å². The van der Waals surface area contributed by atoms with E-state index in [0.29, 0.717) is 12.1 Å². The van der Waals surface area contributed by atoms with Gasteiger partial charge in [0.05, 0.1) is 6.04 Å². The number of aromatic nitrogens is 3. The lowest BCUT2D eigenvalue weighted by molar-refractivity contribution is 0.265. The third-order valence-corrected chi connectivity index (χ3v) is 3.57. The van der Waals surface area contributed by atoms with Crippen LogP contribution in [0.3, 0.4) is 0 Å². The van der Waals surface area contributed by atoms with Crippen LogP contribution in [0.15, 0.2) is 6.33 Å². The molecule has 2 unspecified atom stereocenters. The maximum Gasteiger partial charge on any atom is 0.149 e. The lowest BCUT2D eigenvalue weighted by Crippen LogP contribution is -2.37. The Morgan fingerprint density at radius 1 is 1.41 bits per heavy atom. The number of nitrogens with one attached hydrogen (secondary N) is 1. The van der Waals surface area contributed by atoms with Crippen LogP contribution in [0.4, 0.5) is 0 Å². The lowest BCUT2D eigenvalue weighted by Gasteiger charge is -2.22. The Balaban J connectivity index is 1.88. The molecule has 96 valence electrons. The molecular formula is C12H23N5. The highest BCUT2D eigenvalue weighted by atomic mass is 15.3. The summed E-state index contributed by atoms with van der Waals surface area (Å²) in [4.78, 5) is 2.51. The van der Waals surface area contributed by atoms with Crippen molar-refractivity contribution in [3.8, 4) is 0 Å². The number of nitrogens with zero attached hydrogens (tertiary/aromatic N) is 4. The second kappa shape index (κ2) is 5.14. The van der Waals surface area contributed by atoms with Crippen LogP contribution >= 0.6 is 0 Å². The van der Waals surface area contributed by atoms with E-state index in [1.807, 2.05) is 11.6 Å². The molecule has 17 heavy (non-hydrogen) atoms. The maximum atomic E-state index is 4.15. The second-order valence-corrected chi connectivity index (χ2v) is 5.26. The summed E-state index contributed by atoms with van der Waals surface area (Å²) in [6, 6.07) is 1.48. The molecule has 2 atom stereocenters. The smallest absolute Gasteiger partial charge is 0.149 e. The van der Waals surface area contributed by atoms with Gasteiger partial charge in [-0.2, -0.15) is 0 Å². The Hall–Kier alpha value is -0.940. The van der Waals surface area contributed by atoms with Crippen LogP contribution in [0.25, 0.3) is 0 Å². The molecule has 2 rings (SSSR count). The summed E-state index contributed by atoms with van der Waals surface area (Å²) in [5.41, 5.74) is 0. The third kappa shape index (κ3) is 2.84. The van der Waals surface area contributed by atoms with Gasteiger partial charge in [-0.25, -0.2) is 0 Å². The largest absolute Gasteiger partial charge is 0.319 e. The van der Waals surface area contributed by atoms with Gasteiger partial charge in [-0.1, -0.05) is 0 Å². The predicted octanol–water partition coefficient (Wildman–Crippen LogP) is 0.948. The summed E-state index contributed by atoms with van der Waals surface area (Å²) >= 11 is 0. The minimum atomic E-state index is 0.264. The van der Waals surface area contributed by atoms with Crippen molar-refractivity contribution in [2.24, 2.45) is 7.05 Å². The Morgan fingerprint density at radius 2 is 2.18 bits per heavy atom. The van der Waals surface area contributed by atoms with Crippen molar-refractivity contribution < 1.29 is 0 Å². The first kappa shape index (κ1) is 12.5. The molecule has 1 aromatic heterocycles. The van der Waals surface area contributed by atoms with Crippen LogP contribution < -0.4 is 5.32 Å². The van der Waals surface area contributed by atoms with E-state index in [1.165, 1.54) is 13.0 Å². The van der Waals surface area contributed by atoms with Crippen molar-refractivity contribution in [3.05, 3.63) is 12.2 Å². The zero-order valence-corrected chi connectivity index (χ0v) is 11.2. The molecule has 5 heteroatoms. The fourth-order valence-corrected chi connectivity index (χ4v) is 2.50. The summed E-state index contributed by atoms with van der Waals surface area (Å²) in [6.07, 6.45) is 2.98. The molecule has 2 heterocycles. The van der Waals surface area contributed by atoms with Crippen molar-refractivity contribution in [2.45, 2.75) is 45.3 Å². The Kier molecular flexibility index (Phi) is 3.79.